The zero-order valence-electron chi connectivity index (χ0n) is 43.2. The molecule has 1 N–H and O–H groups in total. The molecule has 0 saturated heterocycles. The third kappa shape index (κ3) is 10.6. The Kier molecular flexibility index (Phi) is 16.9. The molecule has 0 amide bonds. The van der Waals surface area contributed by atoms with Crippen LogP contribution in [0, 0.1) is 11.3 Å². The first-order valence-electron chi connectivity index (χ1n) is 26.7. The van der Waals surface area contributed by atoms with Crippen LogP contribution in [0.15, 0.2) is 151 Å². The van der Waals surface area contributed by atoms with Gasteiger partial charge in [0.05, 0.1) is 0 Å². The van der Waals surface area contributed by atoms with Crippen LogP contribution >= 0.6 is 34.0 Å². The van der Waals surface area contributed by atoms with Gasteiger partial charge in [0.1, 0.15) is 11.6 Å². The Morgan fingerprint density at radius 2 is 1.04 bits per heavy atom. The first-order valence-corrected chi connectivity index (χ1v) is 29.1. The van der Waals surface area contributed by atoms with Crippen molar-refractivity contribution in [1.82, 2.24) is 0 Å². The Hall–Kier alpha value is -5.61. The summed E-state index contributed by atoms with van der Waals surface area (Å²) in [7, 11) is 0. The van der Waals surface area contributed by atoms with Crippen molar-refractivity contribution < 1.29 is 31.0 Å². The molecule has 5 aromatic carbocycles. The molecule has 0 saturated carbocycles. The maximum atomic E-state index is 11.7. The summed E-state index contributed by atoms with van der Waals surface area (Å²) >= 11 is 5.92. The summed E-state index contributed by atoms with van der Waals surface area (Å²) in [4.78, 5) is 22.3. The van der Waals surface area contributed by atoms with Crippen LogP contribution in [0.3, 0.4) is 0 Å². The number of nitriles is 1. The first kappa shape index (κ1) is 53.2. The number of thiophene rings is 3. The van der Waals surface area contributed by atoms with Gasteiger partial charge < -0.3 is 10.0 Å². The van der Waals surface area contributed by atoms with Crippen LogP contribution in [-0.4, -0.2) is 11.1 Å². The number of fused-ring (bicyclic) bond motifs is 6. The minimum atomic E-state index is -1.21. The first-order chi connectivity index (χ1) is 35.6. The number of rotatable bonds is 22. The number of anilines is 3. The zero-order valence-corrected chi connectivity index (χ0v) is 48.6. The molecule has 10 rings (SSSR count). The van der Waals surface area contributed by atoms with E-state index in [1.807, 2.05) is 46.1 Å². The molecule has 2 aliphatic carbocycles. The van der Waals surface area contributed by atoms with E-state index in [1.165, 1.54) is 153 Å². The molecule has 3 heterocycles. The predicted molar refractivity (Wildman–Crippen MR) is 312 cm³/mol. The van der Waals surface area contributed by atoms with Gasteiger partial charge in [-0.05, 0) is 136 Å². The second kappa shape index (κ2) is 23.5. The molecule has 8 heteroatoms. The summed E-state index contributed by atoms with van der Waals surface area (Å²) < 4.78 is 0. The number of carbonyl (C=O) groups is 1. The van der Waals surface area contributed by atoms with Gasteiger partial charge in [0.25, 0.3) is 0 Å². The fraction of sp³-hybridized carbons (Fsp3) is 0.303. The van der Waals surface area contributed by atoms with Gasteiger partial charge in [0.2, 0.25) is 0 Å². The standard InChI is InChI=1S/C66H66N2O2S3.W/c1-5-7-9-11-13-21-37-66(38-22-14-12-10-8-6-2)56-42-60(47-30-34-53-52-33-27-45(39-48(44-67)64(69)70)40-54(52)65(3,4)55(53)41-47)72-62(56)63-57(66)43-61(73-63)59-36-35-58(71-59)46-28-31-51(32-29-46)68(49-23-17-15-18-24-49)50-25-19-16-20-26-50;/h15-20,23-36,39-43H,5-14,21-22,37-38H2,1-4H3,(H,69,70);/b48-39+;. The van der Waals surface area contributed by atoms with Crippen molar-refractivity contribution in [3.63, 3.8) is 0 Å². The molecular weight excluding hydrogens is 1130 g/mol. The van der Waals surface area contributed by atoms with Crippen LogP contribution in [0.2, 0.25) is 0 Å². The van der Waals surface area contributed by atoms with Gasteiger partial charge in [0, 0.05) is 78.2 Å². The molecule has 0 spiro atoms. The SMILES string of the molecule is CCCCCCCCC1(CCCCCCCC)c2cc(-c3ccc4c(c3)C(C)(C)c3cc(/C=C(\C#N)C(=O)O)ccc3-4)sc2-c2sc(-c3ccc(-c4ccc(N(c5ccccc5)c5ccccc5)cc4)s3)cc21.[W]. The van der Waals surface area contributed by atoms with Crippen molar-refractivity contribution in [2.75, 3.05) is 4.90 Å². The van der Waals surface area contributed by atoms with Crippen LogP contribution in [0.1, 0.15) is 145 Å². The number of hydrogen-bond acceptors (Lipinski definition) is 6. The molecule has 3 aromatic heterocycles. The van der Waals surface area contributed by atoms with Crippen molar-refractivity contribution in [3.8, 4) is 57.6 Å². The van der Waals surface area contributed by atoms with Crippen molar-refractivity contribution in [1.29, 1.82) is 5.26 Å². The Bertz CT molecular complexity index is 3240. The van der Waals surface area contributed by atoms with Gasteiger partial charge in [-0.3, -0.25) is 0 Å². The molecule has 2 aliphatic rings. The monoisotopic (exact) mass is 1200 g/mol. The summed E-state index contributed by atoms with van der Waals surface area (Å²) in [5.41, 5.74) is 14.0. The second-order valence-corrected chi connectivity index (χ2v) is 23.9. The number of unbranched alkanes of at least 4 members (excludes halogenated alkanes) is 10. The molecule has 0 aliphatic heterocycles. The van der Waals surface area contributed by atoms with E-state index < -0.39 is 5.97 Å². The maximum absolute atomic E-state index is 11.7. The van der Waals surface area contributed by atoms with E-state index in [2.05, 4.69) is 172 Å². The second-order valence-electron chi connectivity index (χ2n) is 20.7. The Balaban J connectivity index is 0.00000672. The van der Waals surface area contributed by atoms with Gasteiger partial charge >= 0.3 is 5.97 Å². The fourth-order valence-electron chi connectivity index (χ4n) is 11.6. The normalized spacial score (nSPS) is 13.6. The minimum Gasteiger partial charge on any atom is -0.477 e. The molecule has 74 heavy (non-hydrogen) atoms. The summed E-state index contributed by atoms with van der Waals surface area (Å²) in [5, 5.41) is 19.1. The fourth-order valence-corrected chi connectivity index (χ4v) is 15.4. The summed E-state index contributed by atoms with van der Waals surface area (Å²) in [6, 6.07) is 55.2. The average molecular weight is 1200 g/mol. The molecule has 376 valence electrons. The van der Waals surface area contributed by atoms with Gasteiger partial charge in [-0.2, -0.15) is 5.26 Å². The third-order valence-corrected chi connectivity index (χ3v) is 19.4. The number of carboxylic acid groups (broad SMARTS) is 1. The van der Waals surface area contributed by atoms with Crippen molar-refractivity contribution >= 4 is 63.1 Å². The van der Waals surface area contributed by atoms with Gasteiger partial charge in [-0.25, -0.2) is 4.79 Å². The van der Waals surface area contributed by atoms with E-state index in [0.29, 0.717) is 0 Å². The van der Waals surface area contributed by atoms with Crippen LogP contribution in [-0.2, 0) is 36.7 Å². The van der Waals surface area contributed by atoms with Crippen LogP contribution < -0.4 is 4.90 Å². The number of benzene rings is 5. The molecular formula is C66H66N2O2S3W. The molecule has 0 unspecified atom stereocenters. The van der Waals surface area contributed by atoms with E-state index in [4.69, 9.17) is 0 Å². The number of carboxylic acids is 1. The van der Waals surface area contributed by atoms with Crippen molar-refractivity contribution in [2.24, 2.45) is 0 Å². The van der Waals surface area contributed by atoms with Crippen LogP contribution in [0.25, 0.3) is 57.6 Å². The Morgan fingerprint density at radius 1 is 0.541 bits per heavy atom. The summed E-state index contributed by atoms with van der Waals surface area (Å²) in [6.07, 6.45) is 19.3. The number of aliphatic carboxylic acids is 1. The van der Waals surface area contributed by atoms with E-state index in [1.54, 1.807) is 11.1 Å². The molecule has 0 fully saturated rings. The molecule has 0 bridgehead atoms. The number of hydrogen-bond donors (Lipinski definition) is 1. The smallest absolute Gasteiger partial charge is 0.346 e. The quantitative estimate of drug-likeness (QED) is 0.0417. The molecule has 0 radical (unpaired) electrons. The van der Waals surface area contributed by atoms with Crippen molar-refractivity contribution in [2.45, 2.75) is 128 Å². The largest absolute Gasteiger partial charge is 0.477 e. The zero-order chi connectivity index (χ0) is 50.5. The predicted octanol–water partition coefficient (Wildman–Crippen LogP) is 20.4. The average Bonchev–Trinajstić information content (AvgIpc) is 4.25. The van der Waals surface area contributed by atoms with E-state index in [0.717, 1.165) is 28.2 Å². The van der Waals surface area contributed by atoms with Gasteiger partial charge in [0.15, 0.2) is 0 Å². The van der Waals surface area contributed by atoms with Crippen LogP contribution in [0.4, 0.5) is 17.1 Å². The van der Waals surface area contributed by atoms with E-state index in [-0.39, 0.29) is 37.5 Å². The molecule has 8 aromatic rings. The van der Waals surface area contributed by atoms with Crippen LogP contribution in [0.5, 0.6) is 0 Å². The third-order valence-electron chi connectivity index (χ3n) is 15.5. The maximum Gasteiger partial charge on any atom is 0.346 e. The summed E-state index contributed by atoms with van der Waals surface area (Å²) in [6.45, 7) is 9.16. The van der Waals surface area contributed by atoms with Crippen molar-refractivity contribution in [3.05, 3.63) is 179 Å². The van der Waals surface area contributed by atoms with Gasteiger partial charge in [-0.1, -0.05) is 184 Å². The molecule has 4 nitrogen and oxygen atoms in total. The topological polar surface area (TPSA) is 64.3 Å². The summed E-state index contributed by atoms with van der Waals surface area (Å²) in [5.74, 6) is -1.21. The van der Waals surface area contributed by atoms with E-state index in [9.17, 15) is 15.2 Å². The number of nitrogens with zero attached hydrogens (tertiary/aromatic N) is 2. The molecule has 0 atom stereocenters. The Labute approximate surface area is 465 Å². The number of para-hydroxylation sites is 2. The Morgan fingerprint density at radius 3 is 1.62 bits per heavy atom. The van der Waals surface area contributed by atoms with E-state index >= 15 is 0 Å². The van der Waals surface area contributed by atoms with Gasteiger partial charge in [-0.15, -0.1) is 34.0 Å². The minimum absolute atomic E-state index is 0.